The summed E-state index contributed by atoms with van der Waals surface area (Å²) in [5.41, 5.74) is -0.148. The van der Waals surface area contributed by atoms with Crippen molar-refractivity contribution < 1.29 is 18.0 Å². The molecule has 2 saturated heterocycles. The second-order valence-electron chi connectivity index (χ2n) is 5.64. The highest BCUT2D eigenvalue weighted by atomic mass is 32.2. The van der Waals surface area contributed by atoms with E-state index >= 15 is 0 Å². The van der Waals surface area contributed by atoms with Gasteiger partial charge < -0.3 is 9.80 Å². The second kappa shape index (κ2) is 6.51. The number of carbonyl (C=O) groups is 1. The molecule has 8 heteroatoms. The Bertz CT molecular complexity index is 679. The minimum atomic E-state index is -4.37. The molecule has 0 spiro atoms. The standard InChI is InChI=1S/C16H16F3N3OS/c1-11-10-22(13-6-4-12(5-7-13)16(17,18)19)15(24-11)20-14(23)21-8-2-3-9-21/h4-7H,1-3,8-10H2. The van der Waals surface area contributed by atoms with Crippen LogP contribution in [0.4, 0.5) is 23.7 Å². The van der Waals surface area contributed by atoms with Gasteiger partial charge in [0.25, 0.3) is 0 Å². The number of benzene rings is 1. The van der Waals surface area contributed by atoms with Gasteiger partial charge in [-0.2, -0.15) is 18.2 Å². The van der Waals surface area contributed by atoms with Crippen molar-refractivity contribution in [2.75, 3.05) is 24.5 Å². The van der Waals surface area contributed by atoms with E-state index in [9.17, 15) is 18.0 Å². The molecule has 0 saturated carbocycles. The summed E-state index contributed by atoms with van der Waals surface area (Å²) in [4.78, 5) is 20.5. The van der Waals surface area contributed by atoms with Crippen LogP contribution < -0.4 is 4.90 Å². The van der Waals surface area contributed by atoms with Crippen LogP contribution in [-0.2, 0) is 6.18 Å². The van der Waals surface area contributed by atoms with Gasteiger partial charge in [0.05, 0.1) is 12.1 Å². The average Bonchev–Trinajstić information content (AvgIpc) is 3.16. The Morgan fingerprint density at radius 2 is 1.79 bits per heavy atom. The van der Waals surface area contributed by atoms with Gasteiger partial charge in [0.2, 0.25) is 0 Å². The number of anilines is 1. The lowest BCUT2D eigenvalue weighted by molar-refractivity contribution is -0.137. The second-order valence-corrected chi connectivity index (χ2v) is 6.79. The quantitative estimate of drug-likeness (QED) is 0.752. The molecule has 2 aliphatic heterocycles. The first-order valence-corrected chi connectivity index (χ1v) is 8.34. The first kappa shape index (κ1) is 16.9. The zero-order chi connectivity index (χ0) is 17.3. The van der Waals surface area contributed by atoms with Crippen LogP contribution in [0.25, 0.3) is 0 Å². The van der Waals surface area contributed by atoms with E-state index in [0.717, 1.165) is 29.9 Å². The Hall–Kier alpha value is -1.96. The first-order chi connectivity index (χ1) is 11.3. The van der Waals surface area contributed by atoms with Crippen molar-refractivity contribution in [3.05, 3.63) is 41.3 Å². The number of amides is 2. The van der Waals surface area contributed by atoms with E-state index in [1.165, 1.54) is 23.9 Å². The number of alkyl halides is 3. The molecule has 3 rings (SSSR count). The number of thioether (sulfide) groups is 1. The summed E-state index contributed by atoms with van der Waals surface area (Å²) in [5.74, 6) is 0. The lowest BCUT2D eigenvalue weighted by Gasteiger charge is -2.19. The molecule has 0 aliphatic carbocycles. The number of carbonyl (C=O) groups excluding carboxylic acids is 1. The topological polar surface area (TPSA) is 35.9 Å². The maximum absolute atomic E-state index is 12.7. The van der Waals surface area contributed by atoms with E-state index < -0.39 is 11.7 Å². The van der Waals surface area contributed by atoms with Gasteiger partial charge in [0, 0.05) is 23.7 Å². The van der Waals surface area contributed by atoms with E-state index in [0.29, 0.717) is 30.5 Å². The molecule has 0 aromatic heterocycles. The summed E-state index contributed by atoms with van der Waals surface area (Å²) in [6.07, 6.45) is -2.43. The van der Waals surface area contributed by atoms with Crippen LogP contribution in [0, 0.1) is 0 Å². The molecule has 4 nitrogen and oxygen atoms in total. The summed E-state index contributed by atoms with van der Waals surface area (Å²) < 4.78 is 38.0. The Kier molecular flexibility index (Phi) is 4.58. The van der Waals surface area contributed by atoms with Crippen molar-refractivity contribution in [2.45, 2.75) is 19.0 Å². The van der Waals surface area contributed by atoms with E-state index in [4.69, 9.17) is 0 Å². The molecule has 2 fully saturated rings. The number of halogens is 3. The van der Waals surface area contributed by atoms with Crippen molar-refractivity contribution in [1.82, 2.24) is 4.90 Å². The van der Waals surface area contributed by atoms with Gasteiger partial charge in [0.1, 0.15) is 0 Å². The number of urea groups is 1. The summed E-state index contributed by atoms with van der Waals surface area (Å²) in [7, 11) is 0. The predicted molar refractivity (Wildman–Crippen MR) is 89.2 cm³/mol. The minimum Gasteiger partial charge on any atom is -0.323 e. The SMILES string of the molecule is C=C1CN(c2ccc(C(F)(F)F)cc2)C(=NC(=O)N2CCCC2)S1. The van der Waals surface area contributed by atoms with Gasteiger partial charge in [-0.25, -0.2) is 4.79 Å². The molecule has 0 radical (unpaired) electrons. The highest BCUT2D eigenvalue weighted by Crippen LogP contribution is 2.35. The van der Waals surface area contributed by atoms with Crippen LogP contribution in [0.1, 0.15) is 18.4 Å². The number of hydrogen-bond acceptors (Lipinski definition) is 2. The summed E-state index contributed by atoms with van der Waals surface area (Å²) >= 11 is 1.28. The maximum atomic E-state index is 12.7. The molecular formula is C16H16F3N3OS. The minimum absolute atomic E-state index is 0.304. The molecule has 0 bridgehead atoms. The van der Waals surface area contributed by atoms with Crippen molar-refractivity contribution in [2.24, 2.45) is 4.99 Å². The fourth-order valence-corrected chi connectivity index (χ4v) is 3.49. The third kappa shape index (κ3) is 3.58. The summed E-state index contributed by atoms with van der Waals surface area (Å²) in [6.45, 7) is 5.69. The predicted octanol–water partition coefficient (Wildman–Crippen LogP) is 4.34. The molecule has 2 heterocycles. The summed E-state index contributed by atoms with van der Waals surface area (Å²) in [5, 5.41) is 0.455. The third-order valence-electron chi connectivity index (χ3n) is 3.88. The molecule has 0 unspecified atom stereocenters. The largest absolute Gasteiger partial charge is 0.416 e. The fraction of sp³-hybridized carbons (Fsp3) is 0.375. The van der Waals surface area contributed by atoms with Crippen molar-refractivity contribution in [3.63, 3.8) is 0 Å². The first-order valence-electron chi connectivity index (χ1n) is 7.52. The van der Waals surface area contributed by atoms with Crippen LogP contribution in [0.2, 0.25) is 0 Å². The van der Waals surface area contributed by atoms with Gasteiger partial charge in [-0.05, 0) is 37.1 Å². The smallest absolute Gasteiger partial charge is 0.323 e. The zero-order valence-corrected chi connectivity index (χ0v) is 13.7. The molecular weight excluding hydrogens is 339 g/mol. The molecule has 2 aliphatic rings. The van der Waals surface area contributed by atoms with Crippen LogP contribution in [0.3, 0.4) is 0 Å². The fourth-order valence-electron chi connectivity index (χ4n) is 2.64. The van der Waals surface area contributed by atoms with Crippen LogP contribution >= 0.6 is 11.8 Å². The lowest BCUT2D eigenvalue weighted by atomic mass is 10.2. The van der Waals surface area contributed by atoms with E-state index in [2.05, 4.69) is 11.6 Å². The van der Waals surface area contributed by atoms with Gasteiger partial charge in [-0.1, -0.05) is 18.3 Å². The molecule has 1 aromatic rings. The van der Waals surface area contributed by atoms with Crippen molar-refractivity contribution in [1.29, 1.82) is 0 Å². The van der Waals surface area contributed by atoms with Crippen LogP contribution in [0.15, 0.2) is 40.7 Å². The van der Waals surface area contributed by atoms with Crippen LogP contribution in [0.5, 0.6) is 0 Å². The number of hydrogen-bond donors (Lipinski definition) is 0. The van der Waals surface area contributed by atoms with E-state index in [1.54, 1.807) is 9.80 Å². The van der Waals surface area contributed by atoms with Crippen molar-refractivity contribution in [3.8, 4) is 0 Å². The molecule has 24 heavy (non-hydrogen) atoms. The Balaban J connectivity index is 1.82. The van der Waals surface area contributed by atoms with Crippen LogP contribution in [-0.4, -0.2) is 35.7 Å². The number of rotatable bonds is 1. The lowest BCUT2D eigenvalue weighted by Crippen LogP contribution is -2.29. The molecule has 1 aromatic carbocycles. The van der Waals surface area contributed by atoms with Gasteiger partial charge >= 0.3 is 12.2 Å². The Morgan fingerprint density at radius 1 is 1.17 bits per heavy atom. The van der Waals surface area contributed by atoms with E-state index in [-0.39, 0.29) is 6.03 Å². The molecule has 0 N–H and O–H groups in total. The van der Waals surface area contributed by atoms with Gasteiger partial charge in [-0.15, -0.1) is 0 Å². The number of aliphatic imine (C=N–C) groups is 1. The number of amidine groups is 1. The highest BCUT2D eigenvalue weighted by molar-refractivity contribution is 8.18. The van der Waals surface area contributed by atoms with Gasteiger partial charge in [0.15, 0.2) is 5.17 Å². The average molecular weight is 355 g/mol. The maximum Gasteiger partial charge on any atom is 0.416 e. The molecule has 128 valence electrons. The Morgan fingerprint density at radius 3 is 2.38 bits per heavy atom. The summed E-state index contributed by atoms with van der Waals surface area (Å²) in [6, 6.07) is 4.53. The third-order valence-corrected chi connectivity index (χ3v) is 4.79. The van der Waals surface area contributed by atoms with E-state index in [1.807, 2.05) is 0 Å². The zero-order valence-electron chi connectivity index (χ0n) is 12.8. The number of nitrogens with zero attached hydrogens (tertiary/aromatic N) is 3. The van der Waals surface area contributed by atoms with Crippen molar-refractivity contribution >= 4 is 28.6 Å². The normalized spacial score (nSPS) is 20.3. The van der Waals surface area contributed by atoms with Gasteiger partial charge in [-0.3, -0.25) is 0 Å². The highest BCUT2D eigenvalue weighted by Gasteiger charge is 2.31. The monoisotopic (exact) mass is 355 g/mol. The molecule has 0 atom stereocenters. The molecule has 2 amide bonds. The Labute approximate surface area is 142 Å². The number of likely N-dealkylation sites (tertiary alicyclic amines) is 1.